The summed E-state index contributed by atoms with van der Waals surface area (Å²) in [5.74, 6) is 1.33. The summed E-state index contributed by atoms with van der Waals surface area (Å²) in [4.78, 5) is 24.4. The fourth-order valence-electron chi connectivity index (χ4n) is 5.07. The molecular weight excluding hydrogens is 500 g/mol. The molecule has 0 radical (unpaired) electrons. The average molecular weight is 533 g/mol. The number of nitriles is 1. The number of ether oxygens (including phenoxy) is 1. The third-order valence-corrected chi connectivity index (χ3v) is 7.19. The van der Waals surface area contributed by atoms with Crippen LogP contribution < -0.4 is 20.3 Å². The summed E-state index contributed by atoms with van der Waals surface area (Å²) in [6.45, 7) is 0.462. The van der Waals surface area contributed by atoms with E-state index >= 15 is 0 Å². The van der Waals surface area contributed by atoms with E-state index in [1.165, 1.54) is 0 Å². The normalized spacial score (nSPS) is 16.4. The SMILES string of the molecule is COc1cccc(-c2ccc(N(C(=O)NCc3ccccc3)[C@H]3CC[C@H](Nc4ccc(C#N)cn4)CC3)cc2)n1. The number of rotatable bonds is 8. The minimum Gasteiger partial charge on any atom is -0.481 e. The molecule has 0 atom stereocenters. The first kappa shape index (κ1) is 26.7. The van der Waals surface area contributed by atoms with Crippen molar-refractivity contribution in [3.63, 3.8) is 0 Å². The maximum absolute atomic E-state index is 13.6. The maximum atomic E-state index is 13.6. The van der Waals surface area contributed by atoms with Gasteiger partial charge in [0.1, 0.15) is 11.9 Å². The minimum atomic E-state index is -0.110. The second-order valence-electron chi connectivity index (χ2n) is 9.82. The number of carbonyl (C=O) groups excluding carboxylic acids is 1. The summed E-state index contributed by atoms with van der Waals surface area (Å²) in [6.07, 6.45) is 5.09. The molecule has 2 amide bonds. The van der Waals surface area contributed by atoms with Gasteiger partial charge in [0.15, 0.2) is 0 Å². The molecule has 0 spiro atoms. The van der Waals surface area contributed by atoms with E-state index in [1.54, 1.807) is 19.4 Å². The fourth-order valence-corrected chi connectivity index (χ4v) is 5.07. The highest BCUT2D eigenvalue weighted by atomic mass is 16.5. The highest BCUT2D eigenvalue weighted by molar-refractivity contribution is 5.93. The van der Waals surface area contributed by atoms with Gasteiger partial charge < -0.3 is 15.4 Å². The van der Waals surface area contributed by atoms with Gasteiger partial charge in [-0.3, -0.25) is 4.90 Å². The van der Waals surface area contributed by atoms with Gasteiger partial charge >= 0.3 is 6.03 Å². The lowest BCUT2D eigenvalue weighted by molar-refractivity contribution is 0.240. The first-order valence-electron chi connectivity index (χ1n) is 13.5. The highest BCUT2D eigenvalue weighted by Gasteiger charge is 2.30. The minimum absolute atomic E-state index is 0.0588. The van der Waals surface area contributed by atoms with E-state index in [2.05, 4.69) is 26.7 Å². The lowest BCUT2D eigenvalue weighted by Gasteiger charge is -2.37. The van der Waals surface area contributed by atoms with Crippen molar-refractivity contribution in [2.45, 2.75) is 44.3 Å². The van der Waals surface area contributed by atoms with Crippen molar-refractivity contribution in [2.75, 3.05) is 17.3 Å². The zero-order valence-electron chi connectivity index (χ0n) is 22.5. The molecular formula is C32H32N6O2. The van der Waals surface area contributed by atoms with E-state index < -0.39 is 0 Å². The summed E-state index contributed by atoms with van der Waals surface area (Å²) in [5, 5.41) is 15.6. The number of carbonyl (C=O) groups is 1. The molecule has 8 nitrogen and oxygen atoms in total. The van der Waals surface area contributed by atoms with E-state index in [1.807, 2.05) is 83.8 Å². The van der Waals surface area contributed by atoms with Crippen molar-refractivity contribution in [1.29, 1.82) is 5.26 Å². The molecule has 1 aliphatic rings. The Labute approximate surface area is 234 Å². The van der Waals surface area contributed by atoms with Crippen LogP contribution in [-0.4, -0.2) is 35.2 Å². The fraction of sp³-hybridized carbons (Fsp3) is 0.250. The van der Waals surface area contributed by atoms with Gasteiger partial charge in [0, 0.05) is 42.1 Å². The molecule has 8 heteroatoms. The Hall–Kier alpha value is -4.90. The first-order valence-corrected chi connectivity index (χ1v) is 13.5. The topological polar surface area (TPSA) is 103 Å². The number of methoxy groups -OCH3 is 1. The zero-order chi connectivity index (χ0) is 27.7. The number of benzene rings is 2. The standard InChI is InChI=1S/C32H32N6O2/c1-40-31-9-5-8-29(37-31)25-11-15-27(16-12-25)38(32(39)35-21-23-6-3-2-4-7-23)28-17-13-26(14-18-28)36-30-19-10-24(20-33)22-34-30/h2-12,15-16,19,22,26,28H,13-14,17-18,21H2,1H3,(H,34,36)(H,35,39)/t26-,28-. The molecule has 1 fully saturated rings. The summed E-state index contributed by atoms with van der Waals surface area (Å²) in [7, 11) is 1.60. The Morgan fingerprint density at radius 2 is 1.75 bits per heavy atom. The van der Waals surface area contributed by atoms with Gasteiger partial charge in [-0.15, -0.1) is 0 Å². The molecule has 5 rings (SSSR count). The van der Waals surface area contributed by atoms with E-state index in [9.17, 15) is 4.79 Å². The van der Waals surface area contributed by atoms with Gasteiger partial charge in [-0.2, -0.15) is 5.26 Å². The van der Waals surface area contributed by atoms with Crippen LogP contribution in [0, 0.1) is 11.3 Å². The third kappa shape index (κ3) is 6.56. The smallest absolute Gasteiger partial charge is 0.322 e. The first-order chi connectivity index (χ1) is 19.6. The number of pyridine rings is 2. The lowest BCUT2D eigenvalue weighted by Crippen LogP contribution is -2.48. The summed E-state index contributed by atoms with van der Waals surface area (Å²) in [6, 6.07) is 29.5. The molecule has 2 aromatic heterocycles. The molecule has 0 aliphatic heterocycles. The van der Waals surface area contributed by atoms with Crippen molar-refractivity contribution in [1.82, 2.24) is 15.3 Å². The molecule has 1 aliphatic carbocycles. The Bertz CT molecular complexity index is 1440. The summed E-state index contributed by atoms with van der Waals surface area (Å²) < 4.78 is 5.27. The van der Waals surface area contributed by atoms with Crippen LogP contribution in [0.1, 0.15) is 36.8 Å². The lowest BCUT2D eigenvalue weighted by atomic mass is 9.89. The van der Waals surface area contributed by atoms with Crippen molar-refractivity contribution >= 4 is 17.5 Å². The van der Waals surface area contributed by atoms with Gasteiger partial charge in [-0.1, -0.05) is 48.5 Å². The van der Waals surface area contributed by atoms with Crippen LogP contribution in [0.3, 0.4) is 0 Å². The number of anilines is 2. The molecule has 0 bridgehead atoms. The zero-order valence-corrected chi connectivity index (χ0v) is 22.5. The van der Waals surface area contributed by atoms with Crippen LogP contribution in [0.2, 0.25) is 0 Å². The van der Waals surface area contributed by atoms with Crippen molar-refractivity contribution in [3.8, 4) is 23.2 Å². The number of aromatic nitrogens is 2. The second-order valence-corrected chi connectivity index (χ2v) is 9.82. The summed E-state index contributed by atoms with van der Waals surface area (Å²) >= 11 is 0. The Kier molecular flexibility index (Phi) is 8.52. The maximum Gasteiger partial charge on any atom is 0.322 e. The Balaban J connectivity index is 1.31. The van der Waals surface area contributed by atoms with E-state index in [4.69, 9.17) is 10.00 Å². The van der Waals surface area contributed by atoms with E-state index in [-0.39, 0.29) is 18.1 Å². The number of hydrogen-bond donors (Lipinski definition) is 2. The largest absolute Gasteiger partial charge is 0.481 e. The summed E-state index contributed by atoms with van der Waals surface area (Å²) in [5.41, 5.74) is 4.21. The van der Waals surface area contributed by atoms with Gasteiger partial charge in [0.05, 0.1) is 18.4 Å². The molecule has 0 unspecified atom stereocenters. The van der Waals surface area contributed by atoms with Crippen LogP contribution in [0.15, 0.2) is 91.1 Å². The number of nitrogens with zero attached hydrogens (tertiary/aromatic N) is 4. The quantitative estimate of drug-likeness (QED) is 0.282. The van der Waals surface area contributed by atoms with Gasteiger partial charge in [0.2, 0.25) is 5.88 Å². The number of hydrogen-bond acceptors (Lipinski definition) is 6. The number of amides is 2. The van der Waals surface area contributed by atoms with Gasteiger partial charge in [0.25, 0.3) is 0 Å². The molecule has 2 aromatic carbocycles. The molecule has 2 N–H and O–H groups in total. The van der Waals surface area contributed by atoms with Crippen LogP contribution >= 0.6 is 0 Å². The van der Waals surface area contributed by atoms with E-state index in [0.29, 0.717) is 18.0 Å². The van der Waals surface area contributed by atoms with Crippen LogP contribution in [0.5, 0.6) is 5.88 Å². The van der Waals surface area contributed by atoms with Crippen LogP contribution in [0.4, 0.5) is 16.3 Å². The average Bonchev–Trinajstić information content (AvgIpc) is 3.02. The van der Waals surface area contributed by atoms with Crippen molar-refractivity contribution in [3.05, 3.63) is 102 Å². The van der Waals surface area contributed by atoms with Crippen molar-refractivity contribution in [2.24, 2.45) is 0 Å². The van der Waals surface area contributed by atoms with Crippen molar-refractivity contribution < 1.29 is 9.53 Å². The molecule has 40 heavy (non-hydrogen) atoms. The highest BCUT2D eigenvalue weighted by Crippen LogP contribution is 2.31. The predicted octanol–water partition coefficient (Wildman–Crippen LogP) is 6.16. The van der Waals surface area contributed by atoms with E-state index in [0.717, 1.165) is 54.0 Å². The van der Waals surface area contributed by atoms with Crippen LogP contribution in [-0.2, 0) is 6.54 Å². The van der Waals surface area contributed by atoms with Gasteiger partial charge in [-0.05, 0) is 61.6 Å². The second kappa shape index (κ2) is 12.8. The van der Waals surface area contributed by atoms with Crippen LogP contribution in [0.25, 0.3) is 11.3 Å². The van der Waals surface area contributed by atoms with Gasteiger partial charge in [-0.25, -0.2) is 14.8 Å². The monoisotopic (exact) mass is 532 g/mol. The molecule has 0 saturated heterocycles. The predicted molar refractivity (Wildman–Crippen MR) is 156 cm³/mol. The molecule has 2 heterocycles. The Morgan fingerprint density at radius 3 is 2.42 bits per heavy atom. The Morgan fingerprint density at radius 1 is 0.975 bits per heavy atom. The number of urea groups is 1. The molecule has 4 aromatic rings. The molecule has 202 valence electrons. The third-order valence-electron chi connectivity index (χ3n) is 7.19. The molecule has 1 saturated carbocycles. The number of nitrogens with one attached hydrogen (secondary N) is 2.